The predicted octanol–water partition coefficient (Wildman–Crippen LogP) is 2.41. The average Bonchev–Trinajstić information content (AvgIpc) is 3.51. The normalized spacial score (nSPS) is 15.5. The van der Waals surface area contributed by atoms with Crippen LogP contribution in [0.1, 0.15) is 24.9 Å². The van der Waals surface area contributed by atoms with Crippen LogP contribution >= 0.6 is 11.8 Å². The zero-order valence-electron chi connectivity index (χ0n) is 18.6. The number of carbonyl (C=O) groups excluding carboxylic acids is 2. The van der Waals surface area contributed by atoms with Crippen molar-refractivity contribution in [3.63, 3.8) is 0 Å². The number of hydrogen-bond donors (Lipinski definition) is 1. The number of carbonyl (C=O) groups is 2. The number of amides is 2. The summed E-state index contributed by atoms with van der Waals surface area (Å²) in [5.74, 6) is 0.967. The Morgan fingerprint density at radius 3 is 2.52 bits per heavy atom. The van der Waals surface area contributed by atoms with Crippen molar-refractivity contribution in [3.8, 4) is 11.6 Å². The minimum atomic E-state index is -0.413. The number of nitrogens with zero attached hydrogens (tertiary/aromatic N) is 5. The summed E-state index contributed by atoms with van der Waals surface area (Å²) in [6.45, 7) is 5.60. The molecule has 3 heterocycles. The topological polar surface area (TPSA) is 110 Å². The molecule has 0 radical (unpaired) electrons. The van der Waals surface area contributed by atoms with Crippen molar-refractivity contribution in [2.24, 2.45) is 5.73 Å². The molecule has 10 heteroatoms. The van der Waals surface area contributed by atoms with E-state index in [1.807, 2.05) is 11.0 Å². The van der Waals surface area contributed by atoms with E-state index in [1.54, 1.807) is 23.0 Å². The molecule has 174 valence electrons. The summed E-state index contributed by atoms with van der Waals surface area (Å²) in [4.78, 5) is 28.5. The van der Waals surface area contributed by atoms with E-state index in [0.717, 1.165) is 13.1 Å². The van der Waals surface area contributed by atoms with Crippen LogP contribution in [-0.2, 0) is 16.1 Å². The van der Waals surface area contributed by atoms with Gasteiger partial charge in [0.05, 0.1) is 12.0 Å². The third-order valence-corrected chi connectivity index (χ3v) is 6.81. The maximum absolute atomic E-state index is 12.9. The highest BCUT2D eigenvalue weighted by atomic mass is 32.2. The lowest BCUT2D eigenvalue weighted by atomic mass is 10.1. The van der Waals surface area contributed by atoms with Gasteiger partial charge in [-0.15, -0.1) is 10.2 Å². The van der Waals surface area contributed by atoms with E-state index in [-0.39, 0.29) is 18.1 Å². The number of primary amides is 1. The van der Waals surface area contributed by atoms with Gasteiger partial charge < -0.3 is 15.1 Å². The van der Waals surface area contributed by atoms with Gasteiger partial charge in [0.15, 0.2) is 16.7 Å². The molecule has 0 bridgehead atoms. The van der Waals surface area contributed by atoms with E-state index in [0.29, 0.717) is 42.4 Å². The van der Waals surface area contributed by atoms with Gasteiger partial charge in [0.1, 0.15) is 0 Å². The summed E-state index contributed by atoms with van der Waals surface area (Å²) >= 11 is 1.31. The second-order valence-corrected chi connectivity index (χ2v) is 8.89. The molecule has 0 unspecified atom stereocenters. The molecule has 1 atom stereocenters. The largest absolute Gasteiger partial charge is 0.461 e. The molecule has 9 nitrogen and oxygen atoms in total. The molecule has 33 heavy (non-hydrogen) atoms. The molecule has 4 rings (SSSR count). The third kappa shape index (κ3) is 5.63. The molecule has 2 N–H and O–H groups in total. The van der Waals surface area contributed by atoms with Crippen LogP contribution in [0, 0.1) is 0 Å². The zero-order valence-corrected chi connectivity index (χ0v) is 19.4. The van der Waals surface area contributed by atoms with Crippen molar-refractivity contribution in [2.75, 3.05) is 31.9 Å². The van der Waals surface area contributed by atoms with E-state index in [4.69, 9.17) is 10.2 Å². The lowest BCUT2D eigenvalue weighted by Gasteiger charge is -2.38. The van der Waals surface area contributed by atoms with Crippen molar-refractivity contribution in [1.82, 2.24) is 24.6 Å². The maximum Gasteiger partial charge on any atom is 0.233 e. The third-order valence-electron chi connectivity index (χ3n) is 5.86. The fraction of sp³-hybridized carbons (Fsp3) is 0.391. The standard InChI is InChI=1S/C23H28N6O3S/c1-17(18-6-3-2-4-7-18)27-11-13-28(14-12-27)21(31)16-33-23-26-25-22(19-8-5-15-32-19)29(23)10-9-20(24)30/h2-8,15,17H,9-14,16H2,1H3,(H2,24,30)/t17-/m0/s1. The van der Waals surface area contributed by atoms with Gasteiger partial charge in [-0.25, -0.2) is 0 Å². The highest BCUT2D eigenvalue weighted by molar-refractivity contribution is 7.99. The Hall–Kier alpha value is -3.11. The van der Waals surface area contributed by atoms with Crippen LogP contribution in [0.25, 0.3) is 11.6 Å². The van der Waals surface area contributed by atoms with Crippen LogP contribution in [0.3, 0.4) is 0 Å². The molecule has 0 aliphatic carbocycles. The molecule has 0 spiro atoms. The summed E-state index contributed by atoms with van der Waals surface area (Å²) in [7, 11) is 0. The molecule has 3 aromatic rings. The van der Waals surface area contributed by atoms with Crippen LogP contribution < -0.4 is 5.73 Å². The number of hydrogen-bond acceptors (Lipinski definition) is 7. The predicted molar refractivity (Wildman–Crippen MR) is 125 cm³/mol. The van der Waals surface area contributed by atoms with Crippen molar-refractivity contribution in [2.45, 2.75) is 31.1 Å². The summed E-state index contributed by atoms with van der Waals surface area (Å²) < 4.78 is 7.21. The average molecular weight is 469 g/mol. The van der Waals surface area contributed by atoms with Gasteiger partial charge in [-0.1, -0.05) is 42.1 Å². The Balaban J connectivity index is 1.34. The van der Waals surface area contributed by atoms with Crippen LogP contribution in [0.5, 0.6) is 0 Å². The number of piperazine rings is 1. The molecular formula is C23H28N6O3S. The van der Waals surface area contributed by atoms with Crippen LogP contribution in [0.2, 0.25) is 0 Å². The van der Waals surface area contributed by atoms with Gasteiger partial charge in [0.25, 0.3) is 0 Å². The van der Waals surface area contributed by atoms with E-state index in [9.17, 15) is 9.59 Å². The van der Waals surface area contributed by atoms with Crippen LogP contribution in [0.15, 0.2) is 58.3 Å². The highest BCUT2D eigenvalue weighted by Gasteiger charge is 2.25. The van der Waals surface area contributed by atoms with Crippen molar-refractivity contribution in [1.29, 1.82) is 0 Å². The van der Waals surface area contributed by atoms with Crippen molar-refractivity contribution < 1.29 is 14.0 Å². The SMILES string of the molecule is C[C@@H](c1ccccc1)N1CCN(C(=O)CSc2nnc(-c3ccco3)n2CCC(N)=O)CC1. The second-order valence-electron chi connectivity index (χ2n) is 7.94. The fourth-order valence-corrected chi connectivity index (χ4v) is 4.79. The number of rotatable bonds is 9. The molecule has 1 aliphatic rings. The Labute approximate surface area is 196 Å². The first-order valence-electron chi connectivity index (χ1n) is 11.0. The molecule has 1 saturated heterocycles. The Bertz CT molecular complexity index is 1060. The first kappa shape index (κ1) is 23.1. The smallest absolute Gasteiger partial charge is 0.233 e. The number of thioether (sulfide) groups is 1. The first-order valence-corrected chi connectivity index (χ1v) is 12.0. The summed E-state index contributed by atoms with van der Waals surface area (Å²) in [6.07, 6.45) is 1.70. The Morgan fingerprint density at radius 1 is 1.09 bits per heavy atom. The van der Waals surface area contributed by atoms with Gasteiger partial charge in [-0.3, -0.25) is 19.1 Å². The number of benzene rings is 1. The summed E-state index contributed by atoms with van der Waals surface area (Å²) in [5.41, 5.74) is 6.62. The molecule has 0 saturated carbocycles. The van der Waals surface area contributed by atoms with Gasteiger partial charge in [0.2, 0.25) is 11.8 Å². The lowest BCUT2D eigenvalue weighted by Crippen LogP contribution is -2.49. The van der Waals surface area contributed by atoms with E-state index >= 15 is 0 Å². The van der Waals surface area contributed by atoms with Crippen LogP contribution in [-0.4, -0.2) is 68.3 Å². The number of aromatic nitrogens is 3. The minimum Gasteiger partial charge on any atom is -0.461 e. The maximum atomic E-state index is 12.9. The van der Waals surface area contributed by atoms with Gasteiger partial charge in [-0.2, -0.15) is 0 Å². The quantitative estimate of drug-likeness (QED) is 0.480. The van der Waals surface area contributed by atoms with Gasteiger partial charge in [0, 0.05) is 45.2 Å². The zero-order chi connectivity index (χ0) is 23.2. The van der Waals surface area contributed by atoms with Crippen LogP contribution in [0.4, 0.5) is 0 Å². The molecule has 1 aromatic carbocycles. The molecule has 2 aromatic heterocycles. The highest BCUT2D eigenvalue weighted by Crippen LogP contribution is 2.26. The number of furan rings is 1. The van der Waals surface area contributed by atoms with Gasteiger partial charge in [-0.05, 0) is 24.6 Å². The molecular weight excluding hydrogens is 440 g/mol. The van der Waals surface area contributed by atoms with Crippen molar-refractivity contribution >= 4 is 23.6 Å². The molecule has 1 fully saturated rings. The number of nitrogens with two attached hydrogens (primary N) is 1. The second kappa shape index (κ2) is 10.7. The molecule has 2 amide bonds. The minimum absolute atomic E-state index is 0.0658. The monoisotopic (exact) mass is 468 g/mol. The fourth-order valence-electron chi connectivity index (χ4n) is 3.93. The van der Waals surface area contributed by atoms with E-state index < -0.39 is 5.91 Å². The Kier molecular flexibility index (Phi) is 7.46. The Morgan fingerprint density at radius 2 is 1.85 bits per heavy atom. The molecule has 1 aliphatic heterocycles. The van der Waals surface area contributed by atoms with Gasteiger partial charge >= 0.3 is 0 Å². The van der Waals surface area contributed by atoms with E-state index in [1.165, 1.54) is 17.3 Å². The first-order chi connectivity index (χ1) is 16.0. The summed E-state index contributed by atoms with van der Waals surface area (Å²) in [6, 6.07) is 14.3. The van der Waals surface area contributed by atoms with Crippen molar-refractivity contribution in [3.05, 3.63) is 54.3 Å². The lowest BCUT2D eigenvalue weighted by molar-refractivity contribution is -0.130. The summed E-state index contributed by atoms with van der Waals surface area (Å²) in [5, 5.41) is 8.98. The van der Waals surface area contributed by atoms with E-state index in [2.05, 4.69) is 46.3 Å².